The number of aliphatic hydroxyl groups is 1. The molecule has 0 fully saturated rings. The topological polar surface area (TPSA) is 73.3 Å². The van der Waals surface area contributed by atoms with E-state index in [2.05, 4.69) is 4.98 Å². The number of rotatable bonds is 2. The molecule has 0 saturated carbocycles. The Kier molecular flexibility index (Phi) is 2.61. The van der Waals surface area contributed by atoms with Gasteiger partial charge in [0.25, 0.3) is 0 Å². The van der Waals surface area contributed by atoms with Crippen molar-refractivity contribution in [2.75, 3.05) is 0 Å². The smallest absolute Gasteiger partial charge is 0.337 e. The number of aliphatic carboxylic acids is 1. The number of fused-ring (bicyclic) bond motifs is 1. The van der Waals surface area contributed by atoms with Crippen molar-refractivity contribution in [2.45, 2.75) is 13.0 Å². The number of benzene rings is 1. The average Bonchev–Trinajstić information content (AvgIpc) is 2.54. The highest BCUT2D eigenvalue weighted by atomic mass is 35.5. The van der Waals surface area contributed by atoms with Crippen molar-refractivity contribution >= 4 is 28.5 Å². The molecule has 0 aliphatic heterocycles. The van der Waals surface area contributed by atoms with Crippen LogP contribution in [0.1, 0.15) is 17.4 Å². The second-order valence-corrected chi connectivity index (χ2v) is 3.97. The number of hydrogen-bond donors (Lipinski definition) is 3. The molecule has 84 valence electrons. The van der Waals surface area contributed by atoms with Gasteiger partial charge >= 0.3 is 5.97 Å². The van der Waals surface area contributed by atoms with Crippen LogP contribution < -0.4 is 0 Å². The van der Waals surface area contributed by atoms with Crippen LogP contribution in [0, 0.1) is 6.92 Å². The van der Waals surface area contributed by atoms with Gasteiger partial charge in [0.15, 0.2) is 6.10 Å². The van der Waals surface area contributed by atoms with Crippen LogP contribution >= 0.6 is 11.6 Å². The number of carboxylic acid groups (broad SMARTS) is 1. The van der Waals surface area contributed by atoms with E-state index in [-0.39, 0.29) is 0 Å². The highest BCUT2D eigenvalue weighted by Crippen LogP contribution is 2.33. The highest BCUT2D eigenvalue weighted by molar-refractivity contribution is 6.35. The van der Waals surface area contributed by atoms with Crippen LogP contribution in [-0.2, 0) is 4.79 Å². The SMILES string of the molecule is Cc1[nH]c2cccc(Cl)c2c1C(O)C(=O)O. The predicted octanol–water partition coefficient (Wildman–Crippen LogP) is 2.25. The number of halogens is 1. The van der Waals surface area contributed by atoms with Crippen LogP contribution in [0.5, 0.6) is 0 Å². The number of carbonyl (C=O) groups is 1. The molecule has 0 bridgehead atoms. The van der Waals surface area contributed by atoms with E-state index < -0.39 is 12.1 Å². The number of aromatic nitrogens is 1. The van der Waals surface area contributed by atoms with E-state index in [9.17, 15) is 9.90 Å². The lowest BCUT2D eigenvalue weighted by Crippen LogP contribution is -2.11. The Balaban J connectivity index is 2.77. The molecule has 16 heavy (non-hydrogen) atoms. The van der Waals surface area contributed by atoms with Gasteiger partial charge in [0, 0.05) is 22.2 Å². The fraction of sp³-hybridized carbons (Fsp3) is 0.182. The molecule has 0 aliphatic carbocycles. The minimum Gasteiger partial charge on any atom is -0.479 e. The first-order valence-electron chi connectivity index (χ1n) is 4.70. The summed E-state index contributed by atoms with van der Waals surface area (Å²) in [6, 6.07) is 5.21. The lowest BCUT2D eigenvalue weighted by atomic mass is 10.1. The number of aryl methyl sites for hydroxylation is 1. The molecule has 1 aromatic carbocycles. The molecule has 1 unspecified atom stereocenters. The van der Waals surface area contributed by atoms with Gasteiger partial charge < -0.3 is 15.2 Å². The van der Waals surface area contributed by atoms with E-state index in [1.807, 2.05) is 0 Å². The zero-order valence-electron chi connectivity index (χ0n) is 8.49. The van der Waals surface area contributed by atoms with Crippen LogP contribution in [0.4, 0.5) is 0 Å². The fourth-order valence-electron chi connectivity index (χ4n) is 1.82. The van der Waals surface area contributed by atoms with Crippen molar-refractivity contribution in [1.29, 1.82) is 0 Å². The summed E-state index contributed by atoms with van der Waals surface area (Å²) in [5, 5.41) is 19.4. The summed E-state index contributed by atoms with van der Waals surface area (Å²) >= 11 is 6.00. The van der Waals surface area contributed by atoms with Gasteiger partial charge in [-0.2, -0.15) is 0 Å². The summed E-state index contributed by atoms with van der Waals surface area (Å²) in [5.41, 5.74) is 1.66. The van der Waals surface area contributed by atoms with Crippen molar-refractivity contribution in [3.8, 4) is 0 Å². The Morgan fingerprint density at radius 1 is 1.50 bits per heavy atom. The molecule has 3 N–H and O–H groups in total. The van der Waals surface area contributed by atoms with Gasteiger partial charge in [0.1, 0.15) is 0 Å². The first-order chi connectivity index (χ1) is 7.52. The average molecular weight is 240 g/mol. The summed E-state index contributed by atoms with van der Waals surface area (Å²) in [5.74, 6) is -1.29. The molecule has 4 nitrogen and oxygen atoms in total. The number of hydrogen-bond acceptors (Lipinski definition) is 2. The molecule has 0 spiro atoms. The zero-order valence-corrected chi connectivity index (χ0v) is 9.25. The maximum atomic E-state index is 10.8. The molecule has 2 rings (SSSR count). The maximum absolute atomic E-state index is 10.8. The third-order valence-electron chi connectivity index (χ3n) is 2.52. The van der Waals surface area contributed by atoms with Gasteiger partial charge in [-0.1, -0.05) is 17.7 Å². The fourth-order valence-corrected chi connectivity index (χ4v) is 2.10. The molecule has 5 heteroatoms. The minimum atomic E-state index is -1.56. The summed E-state index contributed by atoms with van der Waals surface area (Å²) in [7, 11) is 0. The van der Waals surface area contributed by atoms with Crippen molar-refractivity contribution in [2.24, 2.45) is 0 Å². The number of nitrogens with one attached hydrogen (secondary N) is 1. The predicted molar refractivity (Wildman–Crippen MR) is 60.6 cm³/mol. The molecule has 1 aromatic heterocycles. The van der Waals surface area contributed by atoms with Crippen LogP contribution in [0.25, 0.3) is 10.9 Å². The molecule has 0 saturated heterocycles. The Morgan fingerprint density at radius 3 is 2.81 bits per heavy atom. The van der Waals surface area contributed by atoms with Gasteiger partial charge in [-0.25, -0.2) is 4.79 Å². The third-order valence-corrected chi connectivity index (χ3v) is 2.83. The summed E-state index contributed by atoms with van der Waals surface area (Å²) in [6.45, 7) is 1.71. The van der Waals surface area contributed by atoms with E-state index in [4.69, 9.17) is 16.7 Å². The van der Waals surface area contributed by atoms with E-state index in [0.29, 0.717) is 21.7 Å². The normalized spacial score (nSPS) is 12.9. The van der Waals surface area contributed by atoms with Crippen molar-refractivity contribution in [3.05, 3.63) is 34.5 Å². The van der Waals surface area contributed by atoms with E-state index in [1.54, 1.807) is 25.1 Å². The summed E-state index contributed by atoms with van der Waals surface area (Å²) < 4.78 is 0. The Bertz CT molecular complexity index is 562. The molecule has 1 atom stereocenters. The molecule has 0 aliphatic rings. The van der Waals surface area contributed by atoms with Gasteiger partial charge in [-0.15, -0.1) is 0 Å². The molecule has 0 amide bonds. The number of H-pyrrole nitrogens is 1. The number of aromatic amines is 1. The van der Waals surface area contributed by atoms with Crippen molar-refractivity contribution in [1.82, 2.24) is 4.98 Å². The van der Waals surface area contributed by atoms with E-state index in [1.165, 1.54) is 0 Å². The van der Waals surface area contributed by atoms with Crippen molar-refractivity contribution in [3.63, 3.8) is 0 Å². The Morgan fingerprint density at radius 2 is 2.19 bits per heavy atom. The standard InChI is InChI=1S/C11H10ClNO3/c1-5-8(10(14)11(15)16)9-6(12)3-2-4-7(9)13-5/h2-4,10,13-14H,1H3,(H,15,16). The van der Waals surface area contributed by atoms with Gasteiger partial charge in [0.2, 0.25) is 0 Å². The van der Waals surface area contributed by atoms with Gasteiger partial charge in [-0.05, 0) is 19.1 Å². The molecular formula is C11H10ClNO3. The van der Waals surface area contributed by atoms with Crippen LogP contribution in [0.3, 0.4) is 0 Å². The Hall–Kier alpha value is -1.52. The summed E-state index contributed by atoms with van der Waals surface area (Å²) in [6.07, 6.45) is -1.56. The minimum absolute atomic E-state index is 0.327. The van der Waals surface area contributed by atoms with Crippen LogP contribution in [0.2, 0.25) is 5.02 Å². The lowest BCUT2D eigenvalue weighted by Gasteiger charge is -2.06. The maximum Gasteiger partial charge on any atom is 0.337 e. The van der Waals surface area contributed by atoms with Crippen LogP contribution in [-0.4, -0.2) is 21.2 Å². The summed E-state index contributed by atoms with van der Waals surface area (Å²) in [4.78, 5) is 13.8. The third kappa shape index (κ3) is 1.56. The van der Waals surface area contributed by atoms with E-state index >= 15 is 0 Å². The first kappa shape index (κ1) is 11.0. The second kappa shape index (κ2) is 3.81. The zero-order chi connectivity index (χ0) is 11.9. The van der Waals surface area contributed by atoms with Crippen molar-refractivity contribution < 1.29 is 15.0 Å². The largest absolute Gasteiger partial charge is 0.479 e. The molecule has 2 aromatic rings. The molecule has 0 radical (unpaired) electrons. The van der Waals surface area contributed by atoms with Crippen LogP contribution in [0.15, 0.2) is 18.2 Å². The molecular weight excluding hydrogens is 230 g/mol. The highest BCUT2D eigenvalue weighted by Gasteiger charge is 2.23. The lowest BCUT2D eigenvalue weighted by molar-refractivity contribution is -0.146. The molecule has 1 heterocycles. The first-order valence-corrected chi connectivity index (χ1v) is 5.07. The quantitative estimate of drug-likeness (QED) is 0.753. The van der Waals surface area contributed by atoms with E-state index in [0.717, 1.165) is 5.52 Å². The van der Waals surface area contributed by atoms with Gasteiger partial charge in [0.05, 0.1) is 5.02 Å². The second-order valence-electron chi connectivity index (χ2n) is 3.57. The monoisotopic (exact) mass is 239 g/mol. The Labute approximate surface area is 96.5 Å². The number of aliphatic hydroxyl groups excluding tert-OH is 1. The van der Waals surface area contributed by atoms with Gasteiger partial charge in [-0.3, -0.25) is 0 Å². The number of carboxylic acids is 1.